The first-order valence-corrected chi connectivity index (χ1v) is 8.61. The summed E-state index contributed by atoms with van der Waals surface area (Å²) in [7, 11) is 0. The lowest BCUT2D eigenvalue weighted by Crippen LogP contribution is -2.50. The summed E-state index contributed by atoms with van der Waals surface area (Å²) >= 11 is 17.7. The van der Waals surface area contributed by atoms with Crippen molar-refractivity contribution < 1.29 is 0 Å². The Morgan fingerprint density at radius 1 is 0.913 bits per heavy atom. The number of thiocarbonyl (C=S) groups is 1. The Balaban J connectivity index is 1.57. The van der Waals surface area contributed by atoms with Gasteiger partial charge in [-0.2, -0.15) is 0 Å². The molecule has 1 aliphatic heterocycles. The first kappa shape index (κ1) is 16.4. The number of nitrogens with zero attached hydrogens (tertiary/aromatic N) is 2. The highest BCUT2D eigenvalue weighted by Gasteiger charge is 2.20. The van der Waals surface area contributed by atoms with Gasteiger partial charge in [-0.15, -0.1) is 0 Å². The van der Waals surface area contributed by atoms with E-state index in [1.54, 1.807) is 0 Å². The smallest absolute Gasteiger partial charge is 0.173 e. The van der Waals surface area contributed by atoms with Crippen LogP contribution in [0.5, 0.6) is 0 Å². The highest BCUT2D eigenvalue weighted by Crippen LogP contribution is 2.26. The van der Waals surface area contributed by atoms with Crippen molar-refractivity contribution in [3.8, 4) is 0 Å². The summed E-state index contributed by atoms with van der Waals surface area (Å²) < 4.78 is 0. The third-order valence-corrected chi connectivity index (χ3v) is 4.79. The molecule has 0 saturated carbocycles. The summed E-state index contributed by atoms with van der Waals surface area (Å²) in [6.45, 7) is 3.52. The van der Waals surface area contributed by atoms with E-state index < -0.39 is 0 Å². The van der Waals surface area contributed by atoms with E-state index in [9.17, 15) is 0 Å². The Labute approximate surface area is 151 Å². The number of halogens is 2. The van der Waals surface area contributed by atoms with Gasteiger partial charge in [-0.3, -0.25) is 0 Å². The SMILES string of the molecule is S=C(Nc1ccc(Cl)cc1)N1CCN(c2ccccc2Cl)CC1. The molecule has 0 atom stereocenters. The molecule has 1 N–H and O–H groups in total. The van der Waals surface area contributed by atoms with E-state index in [-0.39, 0.29) is 0 Å². The van der Waals surface area contributed by atoms with Gasteiger partial charge in [-0.1, -0.05) is 35.3 Å². The van der Waals surface area contributed by atoms with Crippen molar-refractivity contribution in [2.45, 2.75) is 0 Å². The molecule has 0 bridgehead atoms. The number of hydrogen-bond acceptors (Lipinski definition) is 2. The number of rotatable bonds is 2. The second-order valence-corrected chi connectivity index (χ2v) is 6.59. The Kier molecular flexibility index (Phi) is 5.26. The molecule has 23 heavy (non-hydrogen) atoms. The highest BCUT2D eigenvalue weighted by atomic mass is 35.5. The summed E-state index contributed by atoms with van der Waals surface area (Å²) in [6.07, 6.45) is 0. The van der Waals surface area contributed by atoms with Crippen molar-refractivity contribution in [2.75, 3.05) is 36.4 Å². The molecule has 2 aromatic rings. The monoisotopic (exact) mass is 365 g/mol. The van der Waals surface area contributed by atoms with Gasteiger partial charge in [-0.05, 0) is 48.6 Å². The number of hydrogen-bond donors (Lipinski definition) is 1. The van der Waals surface area contributed by atoms with Crippen LogP contribution >= 0.6 is 35.4 Å². The normalized spacial score (nSPS) is 14.7. The van der Waals surface area contributed by atoms with Crippen LogP contribution in [0.2, 0.25) is 10.0 Å². The lowest BCUT2D eigenvalue weighted by Gasteiger charge is -2.37. The second kappa shape index (κ2) is 7.39. The standard InChI is InChI=1S/C17H17Cl2N3S/c18-13-5-7-14(8-6-13)20-17(23)22-11-9-21(10-12-22)16-4-2-1-3-15(16)19/h1-8H,9-12H2,(H,20,23). The predicted molar refractivity (Wildman–Crippen MR) is 103 cm³/mol. The van der Waals surface area contributed by atoms with Crippen LogP contribution in [0.3, 0.4) is 0 Å². The number of piperazine rings is 1. The van der Waals surface area contributed by atoms with Crippen LogP contribution in [0.25, 0.3) is 0 Å². The van der Waals surface area contributed by atoms with Gasteiger partial charge in [0.2, 0.25) is 0 Å². The van der Waals surface area contributed by atoms with Crippen LogP contribution in [0.4, 0.5) is 11.4 Å². The second-order valence-electron chi connectivity index (χ2n) is 5.36. The minimum Gasteiger partial charge on any atom is -0.367 e. The molecule has 0 aromatic heterocycles. The average molecular weight is 366 g/mol. The lowest BCUT2D eigenvalue weighted by molar-refractivity contribution is 0.391. The fraction of sp³-hybridized carbons (Fsp3) is 0.235. The maximum absolute atomic E-state index is 6.27. The molecular weight excluding hydrogens is 349 g/mol. The van der Waals surface area contributed by atoms with E-state index >= 15 is 0 Å². The summed E-state index contributed by atoms with van der Waals surface area (Å²) in [5.74, 6) is 0. The number of para-hydroxylation sites is 1. The lowest BCUT2D eigenvalue weighted by atomic mass is 10.2. The van der Waals surface area contributed by atoms with Gasteiger partial charge in [0.1, 0.15) is 0 Å². The van der Waals surface area contributed by atoms with Crippen molar-refractivity contribution in [1.82, 2.24) is 4.90 Å². The molecule has 0 aliphatic carbocycles. The van der Waals surface area contributed by atoms with E-state index in [0.29, 0.717) is 0 Å². The van der Waals surface area contributed by atoms with Crippen LogP contribution in [0.1, 0.15) is 0 Å². The summed E-state index contributed by atoms with van der Waals surface area (Å²) in [5, 5.41) is 5.51. The molecule has 0 spiro atoms. The van der Waals surface area contributed by atoms with E-state index in [1.165, 1.54) is 0 Å². The Morgan fingerprint density at radius 2 is 1.57 bits per heavy atom. The zero-order valence-corrected chi connectivity index (χ0v) is 14.8. The van der Waals surface area contributed by atoms with Gasteiger partial charge in [0.05, 0.1) is 10.7 Å². The largest absolute Gasteiger partial charge is 0.367 e. The van der Waals surface area contributed by atoms with Gasteiger partial charge >= 0.3 is 0 Å². The van der Waals surface area contributed by atoms with Gasteiger partial charge in [0.25, 0.3) is 0 Å². The first-order valence-electron chi connectivity index (χ1n) is 7.44. The van der Waals surface area contributed by atoms with Gasteiger partial charge in [0.15, 0.2) is 5.11 Å². The van der Waals surface area contributed by atoms with E-state index in [1.807, 2.05) is 42.5 Å². The van der Waals surface area contributed by atoms with E-state index in [4.69, 9.17) is 35.4 Å². The fourth-order valence-corrected chi connectivity index (χ4v) is 3.28. The van der Waals surface area contributed by atoms with Crippen LogP contribution in [-0.4, -0.2) is 36.2 Å². The van der Waals surface area contributed by atoms with Crippen molar-refractivity contribution in [1.29, 1.82) is 0 Å². The molecule has 1 fully saturated rings. The summed E-state index contributed by atoms with van der Waals surface area (Å²) in [5.41, 5.74) is 2.04. The molecule has 3 nitrogen and oxygen atoms in total. The van der Waals surface area contributed by atoms with Gasteiger partial charge < -0.3 is 15.1 Å². The summed E-state index contributed by atoms with van der Waals surface area (Å²) in [4.78, 5) is 4.47. The molecule has 1 aliphatic rings. The van der Waals surface area contributed by atoms with E-state index in [0.717, 1.165) is 52.7 Å². The highest BCUT2D eigenvalue weighted by molar-refractivity contribution is 7.80. The zero-order chi connectivity index (χ0) is 16.2. The van der Waals surface area contributed by atoms with Crippen molar-refractivity contribution >= 4 is 51.9 Å². The zero-order valence-electron chi connectivity index (χ0n) is 12.5. The molecule has 0 unspecified atom stereocenters. The maximum Gasteiger partial charge on any atom is 0.173 e. The molecule has 0 amide bonds. The molecule has 3 rings (SSSR count). The van der Waals surface area contributed by atoms with Crippen LogP contribution in [0.15, 0.2) is 48.5 Å². The van der Waals surface area contributed by atoms with Crippen molar-refractivity contribution in [3.05, 3.63) is 58.6 Å². The molecule has 1 saturated heterocycles. The van der Waals surface area contributed by atoms with Crippen LogP contribution in [-0.2, 0) is 0 Å². The van der Waals surface area contributed by atoms with Crippen LogP contribution < -0.4 is 10.2 Å². The van der Waals surface area contributed by atoms with Gasteiger partial charge in [-0.25, -0.2) is 0 Å². The quantitative estimate of drug-likeness (QED) is 0.788. The number of anilines is 2. The minimum absolute atomic E-state index is 0.717. The third-order valence-electron chi connectivity index (χ3n) is 3.86. The van der Waals surface area contributed by atoms with E-state index in [2.05, 4.69) is 21.2 Å². The molecule has 1 heterocycles. The average Bonchev–Trinajstić information content (AvgIpc) is 2.57. The molecule has 6 heteroatoms. The summed E-state index contributed by atoms with van der Waals surface area (Å²) in [6, 6.07) is 15.5. The Hall–Kier alpha value is -1.49. The van der Waals surface area contributed by atoms with Crippen molar-refractivity contribution in [2.24, 2.45) is 0 Å². The Morgan fingerprint density at radius 3 is 2.22 bits per heavy atom. The maximum atomic E-state index is 6.27. The molecular formula is C17H17Cl2N3S. The molecule has 120 valence electrons. The Bertz CT molecular complexity index is 682. The first-order chi connectivity index (χ1) is 11.1. The van der Waals surface area contributed by atoms with Gasteiger partial charge in [0, 0.05) is 36.9 Å². The van der Waals surface area contributed by atoms with Crippen LogP contribution in [0, 0.1) is 0 Å². The molecule has 0 radical (unpaired) electrons. The third kappa shape index (κ3) is 4.08. The minimum atomic E-state index is 0.717. The number of nitrogens with one attached hydrogen (secondary N) is 1. The fourth-order valence-electron chi connectivity index (χ4n) is 2.59. The van der Waals surface area contributed by atoms with Crippen molar-refractivity contribution in [3.63, 3.8) is 0 Å². The molecule has 2 aromatic carbocycles. The number of benzene rings is 2. The predicted octanol–water partition coefficient (Wildman–Crippen LogP) is 4.51. The topological polar surface area (TPSA) is 18.5 Å².